The van der Waals surface area contributed by atoms with Gasteiger partial charge in [-0.3, -0.25) is 4.79 Å². The molecule has 0 spiro atoms. The Morgan fingerprint density at radius 2 is 2.00 bits per heavy atom. The third kappa shape index (κ3) is 3.17. The molecule has 0 aliphatic carbocycles. The number of aromatic nitrogens is 3. The number of likely N-dealkylation sites (tertiary alicyclic amines) is 1. The number of pyridine rings is 1. The number of carbonyl (C=O) groups is 1. The molecule has 7 heteroatoms. The second kappa shape index (κ2) is 6.90. The minimum Gasteiger partial charge on any atom is -0.337 e. The summed E-state index contributed by atoms with van der Waals surface area (Å²) in [7, 11) is 0. The molecule has 1 amide bonds. The molecule has 1 aliphatic heterocycles. The molecule has 1 aliphatic rings. The molecule has 0 unspecified atom stereocenters. The number of hydrogen-bond donors (Lipinski definition) is 0. The van der Waals surface area contributed by atoms with E-state index in [1.54, 1.807) is 11.3 Å². The molecule has 1 atom stereocenters. The summed E-state index contributed by atoms with van der Waals surface area (Å²) < 4.78 is 1.87. The van der Waals surface area contributed by atoms with E-state index < -0.39 is 0 Å². The van der Waals surface area contributed by atoms with Crippen LogP contribution in [0.5, 0.6) is 0 Å². The first kappa shape index (κ1) is 16.6. The predicted octanol–water partition coefficient (Wildman–Crippen LogP) is 4.54. The predicted molar refractivity (Wildman–Crippen MR) is 108 cm³/mol. The molecule has 4 aromatic rings. The quantitative estimate of drug-likeness (QED) is 0.513. The maximum Gasteiger partial charge on any atom is 0.263 e. The molecule has 5 nitrogen and oxygen atoms in total. The molecular formula is C20H18N4OS2. The van der Waals surface area contributed by atoms with E-state index in [-0.39, 0.29) is 11.8 Å². The summed E-state index contributed by atoms with van der Waals surface area (Å²) in [6.45, 7) is 1.49. The van der Waals surface area contributed by atoms with Crippen LogP contribution in [0.1, 0.15) is 34.3 Å². The van der Waals surface area contributed by atoms with E-state index in [1.807, 2.05) is 39.2 Å². The van der Waals surface area contributed by atoms with Gasteiger partial charge in [-0.25, -0.2) is 9.50 Å². The van der Waals surface area contributed by atoms with E-state index in [4.69, 9.17) is 10.1 Å². The first-order valence-electron chi connectivity index (χ1n) is 9.01. The Bertz CT molecular complexity index is 1070. The number of thiophene rings is 2. The second-order valence-corrected chi connectivity index (χ2v) is 8.63. The van der Waals surface area contributed by atoms with Crippen molar-refractivity contribution in [2.24, 2.45) is 0 Å². The fourth-order valence-corrected chi connectivity index (χ4v) is 5.00. The van der Waals surface area contributed by atoms with E-state index in [1.165, 1.54) is 16.2 Å². The molecule has 0 N–H and O–H groups in total. The van der Waals surface area contributed by atoms with Crippen LogP contribution in [-0.2, 0) is 0 Å². The molecule has 5 rings (SSSR count). The monoisotopic (exact) mass is 394 g/mol. The highest BCUT2D eigenvalue weighted by Gasteiger charge is 2.28. The molecule has 5 heterocycles. The van der Waals surface area contributed by atoms with Crippen molar-refractivity contribution in [3.63, 3.8) is 0 Å². The fraction of sp³-hybridized carbons (Fsp3) is 0.250. The van der Waals surface area contributed by atoms with Crippen molar-refractivity contribution in [3.8, 4) is 10.4 Å². The average molecular weight is 395 g/mol. The first-order valence-corrected chi connectivity index (χ1v) is 10.8. The number of nitrogens with zero attached hydrogens (tertiary/aromatic N) is 4. The molecular weight excluding hydrogens is 376 g/mol. The topological polar surface area (TPSA) is 50.5 Å². The van der Waals surface area contributed by atoms with Crippen LogP contribution in [0.25, 0.3) is 16.1 Å². The molecule has 136 valence electrons. The minimum absolute atomic E-state index is 0.124. The van der Waals surface area contributed by atoms with Gasteiger partial charge in [-0.15, -0.1) is 22.7 Å². The third-order valence-electron chi connectivity index (χ3n) is 4.96. The number of rotatable bonds is 3. The van der Waals surface area contributed by atoms with E-state index in [2.05, 4.69) is 23.6 Å². The summed E-state index contributed by atoms with van der Waals surface area (Å²) in [5.41, 5.74) is 2.00. The summed E-state index contributed by atoms with van der Waals surface area (Å²) in [6.07, 6.45) is 4.04. The summed E-state index contributed by atoms with van der Waals surface area (Å²) in [5, 5.41) is 8.76. The standard InChI is InChI=1S/C20H18N4OS2/c25-20(17-6-3-11-27-17)23-9-1-4-15(12-23)19-21-18-8-7-14(13-24(18)22-19)16-5-2-10-26-16/h2-3,5-8,10-11,13,15H,1,4,9,12H2/t15-/m1/s1. The van der Waals surface area contributed by atoms with Crippen LogP contribution in [0.15, 0.2) is 53.4 Å². The number of amides is 1. The van der Waals surface area contributed by atoms with Gasteiger partial charge >= 0.3 is 0 Å². The lowest BCUT2D eigenvalue weighted by molar-refractivity contribution is 0.0709. The molecule has 0 aromatic carbocycles. The number of carbonyl (C=O) groups excluding carboxylic acids is 1. The summed E-state index contributed by atoms with van der Waals surface area (Å²) >= 11 is 3.22. The zero-order chi connectivity index (χ0) is 18.2. The Balaban J connectivity index is 1.40. The lowest BCUT2D eigenvalue weighted by Crippen LogP contribution is -2.39. The maximum atomic E-state index is 12.7. The zero-order valence-electron chi connectivity index (χ0n) is 14.6. The van der Waals surface area contributed by atoms with Gasteiger partial charge in [-0.1, -0.05) is 12.1 Å². The Labute approximate surface area is 164 Å². The molecule has 1 saturated heterocycles. The zero-order valence-corrected chi connectivity index (χ0v) is 16.2. The van der Waals surface area contributed by atoms with Crippen LogP contribution in [0.4, 0.5) is 0 Å². The molecule has 1 fully saturated rings. The van der Waals surface area contributed by atoms with Crippen molar-refractivity contribution in [1.82, 2.24) is 19.5 Å². The van der Waals surface area contributed by atoms with Gasteiger partial charge in [0.05, 0.1) is 4.88 Å². The van der Waals surface area contributed by atoms with E-state index >= 15 is 0 Å². The Morgan fingerprint density at radius 3 is 2.81 bits per heavy atom. The van der Waals surface area contributed by atoms with Crippen molar-refractivity contribution < 1.29 is 4.79 Å². The largest absolute Gasteiger partial charge is 0.337 e. The van der Waals surface area contributed by atoms with Crippen molar-refractivity contribution in [2.75, 3.05) is 13.1 Å². The molecule has 27 heavy (non-hydrogen) atoms. The second-order valence-electron chi connectivity index (χ2n) is 6.74. The summed E-state index contributed by atoms with van der Waals surface area (Å²) in [5.74, 6) is 1.15. The van der Waals surface area contributed by atoms with Gasteiger partial charge in [0.1, 0.15) is 0 Å². The Kier molecular flexibility index (Phi) is 4.26. The highest BCUT2D eigenvalue weighted by atomic mass is 32.1. The lowest BCUT2D eigenvalue weighted by atomic mass is 9.97. The Hall–Kier alpha value is -2.51. The van der Waals surface area contributed by atoms with Crippen molar-refractivity contribution in [3.05, 3.63) is 64.1 Å². The molecule has 0 radical (unpaired) electrons. The van der Waals surface area contributed by atoms with Crippen LogP contribution in [0, 0.1) is 0 Å². The summed E-state index contributed by atoms with van der Waals surface area (Å²) in [4.78, 5) is 21.4. The smallest absolute Gasteiger partial charge is 0.263 e. The lowest BCUT2D eigenvalue weighted by Gasteiger charge is -2.31. The number of hydrogen-bond acceptors (Lipinski definition) is 5. The SMILES string of the molecule is O=C(c1cccs1)N1CCC[C@@H](c2nc3ccc(-c4cccs4)cn3n2)C1. The number of fused-ring (bicyclic) bond motifs is 1. The summed E-state index contributed by atoms with van der Waals surface area (Å²) in [6, 6.07) is 12.1. The van der Waals surface area contributed by atoms with Crippen LogP contribution >= 0.6 is 22.7 Å². The van der Waals surface area contributed by atoms with E-state index in [9.17, 15) is 4.79 Å². The first-order chi connectivity index (χ1) is 13.3. The fourth-order valence-electron chi connectivity index (χ4n) is 3.59. The van der Waals surface area contributed by atoms with Crippen molar-refractivity contribution in [1.29, 1.82) is 0 Å². The van der Waals surface area contributed by atoms with E-state index in [0.29, 0.717) is 6.54 Å². The molecule has 4 aromatic heterocycles. The van der Waals surface area contributed by atoms with Crippen LogP contribution < -0.4 is 0 Å². The molecule has 0 saturated carbocycles. The average Bonchev–Trinajstić information content (AvgIpc) is 3.48. The molecule has 0 bridgehead atoms. The maximum absolute atomic E-state index is 12.7. The highest BCUT2D eigenvalue weighted by molar-refractivity contribution is 7.13. The van der Waals surface area contributed by atoms with E-state index in [0.717, 1.165) is 41.3 Å². The van der Waals surface area contributed by atoms with Gasteiger partial charge in [0.2, 0.25) is 0 Å². The van der Waals surface area contributed by atoms with Crippen LogP contribution in [0.2, 0.25) is 0 Å². The minimum atomic E-state index is 0.124. The van der Waals surface area contributed by atoms with Gasteiger partial charge in [-0.2, -0.15) is 5.10 Å². The van der Waals surface area contributed by atoms with Crippen molar-refractivity contribution in [2.45, 2.75) is 18.8 Å². The van der Waals surface area contributed by atoms with Crippen LogP contribution in [0.3, 0.4) is 0 Å². The normalized spacial score (nSPS) is 17.5. The van der Waals surface area contributed by atoms with Gasteiger partial charge in [0.25, 0.3) is 5.91 Å². The van der Waals surface area contributed by atoms with Gasteiger partial charge in [0, 0.05) is 35.6 Å². The van der Waals surface area contributed by atoms with Crippen LogP contribution in [-0.4, -0.2) is 38.5 Å². The Morgan fingerprint density at radius 1 is 1.11 bits per heavy atom. The van der Waals surface area contributed by atoms with Gasteiger partial charge in [-0.05, 0) is 47.9 Å². The van der Waals surface area contributed by atoms with Gasteiger partial charge in [0.15, 0.2) is 11.5 Å². The van der Waals surface area contributed by atoms with Crippen molar-refractivity contribution >= 4 is 34.2 Å². The highest BCUT2D eigenvalue weighted by Crippen LogP contribution is 2.28. The number of piperidine rings is 1. The van der Waals surface area contributed by atoms with Gasteiger partial charge < -0.3 is 4.90 Å². The third-order valence-corrected chi connectivity index (χ3v) is 6.74.